The van der Waals surface area contributed by atoms with Crippen molar-refractivity contribution < 1.29 is 9.90 Å². The SMILES string of the molecule is Cc1cc(-c2cccc(Cl)c2C(=O)O)ccc1Cl. The van der Waals surface area contributed by atoms with Gasteiger partial charge < -0.3 is 5.11 Å². The van der Waals surface area contributed by atoms with Crippen LogP contribution in [-0.4, -0.2) is 11.1 Å². The van der Waals surface area contributed by atoms with E-state index in [2.05, 4.69) is 0 Å². The van der Waals surface area contributed by atoms with Crippen LogP contribution in [0, 0.1) is 6.92 Å². The summed E-state index contributed by atoms with van der Waals surface area (Å²) in [7, 11) is 0. The third-order valence-electron chi connectivity index (χ3n) is 2.70. The first-order valence-electron chi connectivity index (χ1n) is 5.29. The normalized spacial score (nSPS) is 10.4. The molecule has 4 heteroatoms. The number of carbonyl (C=O) groups is 1. The molecule has 0 bridgehead atoms. The number of halogens is 2. The van der Waals surface area contributed by atoms with E-state index < -0.39 is 5.97 Å². The zero-order valence-electron chi connectivity index (χ0n) is 9.58. The van der Waals surface area contributed by atoms with Crippen molar-refractivity contribution in [3.63, 3.8) is 0 Å². The van der Waals surface area contributed by atoms with Crippen molar-refractivity contribution in [2.75, 3.05) is 0 Å². The van der Waals surface area contributed by atoms with Crippen molar-refractivity contribution in [2.45, 2.75) is 6.92 Å². The largest absolute Gasteiger partial charge is 0.478 e. The molecule has 0 unspecified atom stereocenters. The van der Waals surface area contributed by atoms with Crippen LogP contribution in [0.1, 0.15) is 15.9 Å². The minimum absolute atomic E-state index is 0.112. The van der Waals surface area contributed by atoms with Gasteiger partial charge in [0.25, 0.3) is 0 Å². The van der Waals surface area contributed by atoms with E-state index in [4.69, 9.17) is 23.2 Å². The first-order chi connectivity index (χ1) is 8.50. The third kappa shape index (κ3) is 2.35. The van der Waals surface area contributed by atoms with Gasteiger partial charge in [-0.3, -0.25) is 0 Å². The van der Waals surface area contributed by atoms with Gasteiger partial charge in [0.1, 0.15) is 0 Å². The quantitative estimate of drug-likeness (QED) is 0.868. The van der Waals surface area contributed by atoms with Crippen molar-refractivity contribution in [3.8, 4) is 11.1 Å². The number of rotatable bonds is 2. The minimum atomic E-state index is -1.04. The van der Waals surface area contributed by atoms with Crippen LogP contribution < -0.4 is 0 Å². The summed E-state index contributed by atoms with van der Waals surface area (Å²) in [6.45, 7) is 1.87. The Labute approximate surface area is 115 Å². The van der Waals surface area contributed by atoms with Gasteiger partial charge >= 0.3 is 5.97 Å². The molecule has 0 aromatic heterocycles. The molecule has 0 saturated carbocycles. The van der Waals surface area contributed by atoms with Gasteiger partial charge in [0, 0.05) is 5.02 Å². The van der Waals surface area contributed by atoms with Gasteiger partial charge in [-0.2, -0.15) is 0 Å². The maximum Gasteiger partial charge on any atom is 0.337 e. The van der Waals surface area contributed by atoms with Crippen LogP contribution in [0.3, 0.4) is 0 Å². The number of carboxylic acids is 1. The molecule has 0 radical (unpaired) electrons. The summed E-state index contributed by atoms with van der Waals surface area (Å²) in [4.78, 5) is 11.3. The third-order valence-corrected chi connectivity index (χ3v) is 3.44. The molecular weight excluding hydrogens is 271 g/mol. The summed E-state index contributed by atoms with van der Waals surface area (Å²) in [5.74, 6) is -1.04. The highest BCUT2D eigenvalue weighted by atomic mass is 35.5. The lowest BCUT2D eigenvalue weighted by molar-refractivity contribution is 0.0698. The van der Waals surface area contributed by atoms with Crippen LogP contribution >= 0.6 is 23.2 Å². The molecule has 2 nitrogen and oxygen atoms in total. The van der Waals surface area contributed by atoms with E-state index in [1.165, 1.54) is 0 Å². The van der Waals surface area contributed by atoms with Crippen molar-refractivity contribution in [3.05, 3.63) is 57.6 Å². The molecule has 0 spiro atoms. The van der Waals surface area contributed by atoms with E-state index in [-0.39, 0.29) is 10.6 Å². The van der Waals surface area contributed by atoms with Crippen LogP contribution in [-0.2, 0) is 0 Å². The number of carboxylic acid groups (broad SMARTS) is 1. The summed E-state index contributed by atoms with van der Waals surface area (Å²) in [5, 5.41) is 10.1. The van der Waals surface area contributed by atoms with Gasteiger partial charge in [-0.05, 0) is 41.8 Å². The molecule has 0 aliphatic rings. The first-order valence-corrected chi connectivity index (χ1v) is 6.04. The maximum atomic E-state index is 11.3. The van der Waals surface area contributed by atoms with E-state index in [0.717, 1.165) is 11.1 Å². The molecule has 0 fully saturated rings. The van der Waals surface area contributed by atoms with Gasteiger partial charge in [0.05, 0.1) is 10.6 Å². The standard InChI is InChI=1S/C14H10Cl2O2/c1-8-7-9(5-6-11(8)15)10-3-2-4-12(16)13(10)14(17)18/h2-7H,1H3,(H,17,18). The number of hydrogen-bond donors (Lipinski definition) is 1. The van der Waals surface area contributed by atoms with Gasteiger partial charge in [-0.1, -0.05) is 41.4 Å². The van der Waals surface area contributed by atoms with E-state index in [1.807, 2.05) is 13.0 Å². The Balaban J connectivity index is 2.67. The zero-order chi connectivity index (χ0) is 13.3. The molecular formula is C14H10Cl2O2. The molecule has 0 amide bonds. The number of benzene rings is 2. The predicted octanol–water partition coefficient (Wildman–Crippen LogP) is 4.67. The minimum Gasteiger partial charge on any atom is -0.478 e. The highest BCUT2D eigenvalue weighted by molar-refractivity contribution is 6.34. The Morgan fingerprint density at radius 3 is 2.44 bits per heavy atom. The van der Waals surface area contributed by atoms with Gasteiger partial charge in [0.15, 0.2) is 0 Å². The fourth-order valence-corrected chi connectivity index (χ4v) is 2.17. The second kappa shape index (κ2) is 5.01. The second-order valence-corrected chi connectivity index (χ2v) is 4.75. The molecule has 2 aromatic carbocycles. The van der Waals surface area contributed by atoms with Crippen LogP contribution in [0.15, 0.2) is 36.4 Å². The van der Waals surface area contributed by atoms with E-state index in [0.29, 0.717) is 10.6 Å². The van der Waals surface area contributed by atoms with Crippen LogP contribution in [0.2, 0.25) is 10.0 Å². The van der Waals surface area contributed by atoms with Crippen molar-refractivity contribution in [1.82, 2.24) is 0 Å². The molecule has 18 heavy (non-hydrogen) atoms. The molecule has 2 aromatic rings. The Kier molecular flexibility index (Phi) is 3.60. The lowest BCUT2D eigenvalue weighted by atomic mass is 9.98. The summed E-state index contributed by atoms with van der Waals surface area (Å²) in [6, 6.07) is 10.4. The average molecular weight is 281 g/mol. The van der Waals surface area contributed by atoms with Gasteiger partial charge in [-0.15, -0.1) is 0 Å². The lowest BCUT2D eigenvalue weighted by Crippen LogP contribution is -2.00. The molecule has 0 saturated heterocycles. The molecule has 0 aliphatic carbocycles. The summed E-state index contributed by atoms with van der Waals surface area (Å²) in [6.07, 6.45) is 0. The van der Waals surface area contributed by atoms with Crippen molar-refractivity contribution >= 4 is 29.2 Å². The Bertz CT molecular complexity index is 621. The first kappa shape index (κ1) is 12.9. The van der Waals surface area contributed by atoms with Crippen molar-refractivity contribution in [2.24, 2.45) is 0 Å². The number of aromatic carboxylic acids is 1. The van der Waals surface area contributed by atoms with E-state index >= 15 is 0 Å². The lowest BCUT2D eigenvalue weighted by Gasteiger charge is -2.09. The molecule has 92 valence electrons. The van der Waals surface area contributed by atoms with Crippen LogP contribution in [0.5, 0.6) is 0 Å². The number of hydrogen-bond acceptors (Lipinski definition) is 1. The molecule has 0 aliphatic heterocycles. The van der Waals surface area contributed by atoms with Crippen LogP contribution in [0.25, 0.3) is 11.1 Å². The fraction of sp³-hybridized carbons (Fsp3) is 0.0714. The van der Waals surface area contributed by atoms with E-state index in [1.54, 1.807) is 30.3 Å². The Hall–Kier alpha value is -1.51. The van der Waals surface area contributed by atoms with Gasteiger partial charge in [-0.25, -0.2) is 4.79 Å². The summed E-state index contributed by atoms with van der Waals surface area (Å²) < 4.78 is 0. The highest BCUT2D eigenvalue weighted by Gasteiger charge is 2.15. The molecule has 1 N–H and O–H groups in total. The monoisotopic (exact) mass is 280 g/mol. The molecule has 0 heterocycles. The second-order valence-electron chi connectivity index (χ2n) is 3.93. The van der Waals surface area contributed by atoms with E-state index in [9.17, 15) is 9.90 Å². The smallest absolute Gasteiger partial charge is 0.337 e. The van der Waals surface area contributed by atoms with Crippen LogP contribution in [0.4, 0.5) is 0 Å². The Morgan fingerprint density at radius 1 is 1.11 bits per heavy atom. The zero-order valence-corrected chi connectivity index (χ0v) is 11.1. The summed E-state index contributed by atoms with van der Waals surface area (Å²) >= 11 is 11.9. The molecule has 2 rings (SSSR count). The number of aryl methyl sites for hydroxylation is 1. The maximum absolute atomic E-state index is 11.3. The van der Waals surface area contributed by atoms with Crippen molar-refractivity contribution in [1.29, 1.82) is 0 Å². The average Bonchev–Trinajstić information content (AvgIpc) is 2.32. The summed E-state index contributed by atoms with van der Waals surface area (Å²) in [5.41, 5.74) is 2.39. The fourth-order valence-electron chi connectivity index (χ4n) is 1.79. The predicted molar refractivity (Wildman–Crippen MR) is 73.6 cm³/mol. The topological polar surface area (TPSA) is 37.3 Å². The Morgan fingerprint density at radius 2 is 1.83 bits per heavy atom. The van der Waals surface area contributed by atoms with Gasteiger partial charge in [0.2, 0.25) is 0 Å². The highest BCUT2D eigenvalue weighted by Crippen LogP contribution is 2.31. The molecule has 0 atom stereocenters.